The van der Waals surface area contributed by atoms with Gasteiger partial charge in [0.25, 0.3) is 5.56 Å². The van der Waals surface area contributed by atoms with Gasteiger partial charge < -0.3 is 9.72 Å². The summed E-state index contributed by atoms with van der Waals surface area (Å²) in [6.45, 7) is 0.782. The van der Waals surface area contributed by atoms with Crippen LogP contribution < -0.4 is 5.56 Å². The first kappa shape index (κ1) is 12.9. The van der Waals surface area contributed by atoms with Gasteiger partial charge in [-0.05, 0) is 17.7 Å². The molecule has 1 aliphatic rings. The summed E-state index contributed by atoms with van der Waals surface area (Å²) in [6.07, 6.45) is 0.752. The van der Waals surface area contributed by atoms with Crippen molar-refractivity contribution >= 4 is 0 Å². The van der Waals surface area contributed by atoms with Gasteiger partial charge in [0.2, 0.25) is 0 Å². The second kappa shape index (κ2) is 5.13. The Morgan fingerprint density at radius 1 is 1.25 bits per heavy atom. The molecule has 0 saturated carbocycles. The molecule has 0 saturated heterocycles. The first-order valence-corrected chi connectivity index (χ1v) is 6.25. The lowest BCUT2D eigenvalue weighted by Gasteiger charge is -2.15. The van der Waals surface area contributed by atoms with E-state index in [1.165, 1.54) is 12.1 Å². The monoisotopic (exact) mass is 278 g/mol. The van der Waals surface area contributed by atoms with Crippen LogP contribution in [-0.2, 0) is 24.2 Å². The molecule has 0 bridgehead atoms. The summed E-state index contributed by atoms with van der Waals surface area (Å²) in [4.78, 5) is 18.9. The minimum absolute atomic E-state index is 0.179. The van der Waals surface area contributed by atoms with Crippen molar-refractivity contribution in [1.82, 2.24) is 9.97 Å². The molecule has 4 nitrogen and oxygen atoms in total. The summed E-state index contributed by atoms with van der Waals surface area (Å²) < 4.78 is 31.5. The highest BCUT2D eigenvalue weighted by atomic mass is 19.1. The van der Waals surface area contributed by atoms with Crippen LogP contribution in [0.2, 0.25) is 0 Å². The number of aromatic amines is 1. The van der Waals surface area contributed by atoms with Crippen LogP contribution in [0.5, 0.6) is 0 Å². The van der Waals surface area contributed by atoms with Crippen molar-refractivity contribution < 1.29 is 13.5 Å². The molecule has 1 aromatic carbocycles. The lowest BCUT2D eigenvalue weighted by molar-refractivity contribution is 0.108. The van der Waals surface area contributed by atoms with Gasteiger partial charge in [-0.15, -0.1) is 0 Å². The van der Waals surface area contributed by atoms with Crippen molar-refractivity contribution in [2.24, 2.45) is 0 Å². The minimum Gasteiger partial charge on any atom is -0.376 e. The molecule has 1 N–H and O–H groups in total. The first-order chi connectivity index (χ1) is 9.61. The molecule has 6 heteroatoms. The zero-order valence-electron chi connectivity index (χ0n) is 10.6. The van der Waals surface area contributed by atoms with Crippen LogP contribution in [0.1, 0.15) is 22.6 Å². The Morgan fingerprint density at radius 3 is 2.75 bits per heavy atom. The molecule has 2 heterocycles. The van der Waals surface area contributed by atoms with Gasteiger partial charge in [0.15, 0.2) is 0 Å². The molecule has 0 spiro atoms. The summed E-state index contributed by atoms with van der Waals surface area (Å²) >= 11 is 0. The normalized spacial score (nSPS) is 14.1. The zero-order chi connectivity index (χ0) is 14.1. The van der Waals surface area contributed by atoms with Crippen molar-refractivity contribution in [3.05, 3.63) is 62.8 Å². The zero-order valence-corrected chi connectivity index (χ0v) is 10.6. The van der Waals surface area contributed by atoms with E-state index in [-0.39, 0.29) is 18.6 Å². The average molecular weight is 278 g/mol. The third kappa shape index (κ3) is 2.60. The Hall–Kier alpha value is -2.08. The molecular formula is C14H12F2N2O2. The predicted molar refractivity (Wildman–Crippen MR) is 67.4 cm³/mol. The fraction of sp³-hybridized carbons (Fsp3) is 0.286. The molecule has 1 aliphatic heterocycles. The topological polar surface area (TPSA) is 55.0 Å². The highest BCUT2D eigenvalue weighted by Crippen LogP contribution is 2.13. The third-order valence-corrected chi connectivity index (χ3v) is 3.17. The van der Waals surface area contributed by atoms with E-state index < -0.39 is 11.6 Å². The highest BCUT2D eigenvalue weighted by Gasteiger charge is 2.16. The van der Waals surface area contributed by atoms with Gasteiger partial charge in [-0.1, -0.05) is 0 Å². The second-order valence-corrected chi connectivity index (χ2v) is 4.69. The molecule has 20 heavy (non-hydrogen) atoms. The van der Waals surface area contributed by atoms with Gasteiger partial charge in [0.05, 0.1) is 24.5 Å². The molecule has 0 fully saturated rings. The Morgan fingerprint density at radius 2 is 2.00 bits per heavy atom. The fourth-order valence-corrected chi connectivity index (χ4v) is 2.28. The van der Waals surface area contributed by atoms with Crippen LogP contribution in [-0.4, -0.2) is 16.6 Å². The average Bonchev–Trinajstić information content (AvgIpc) is 2.37. The second-order valence-electron chi connectivity index (χ2n) is 4.69. The molecule has 0 amide bonds. The number of fused-ring (bicyclic) bond motifs is 1. The summed E-state index contributed by atoms with van der Waals surface area (Å²) in [5, 5.41) is 0. The van der Waals surface area contributed by atoms with Crippen LogP contribution in [0.3, 0.4) is 0 Å². The van der Waals surface area contributed by atoms with Crippen LogP contribution in [0, 0.1) is 11.6 Å². The molecule has 0 unspecified atom stereocenters. The van der Waals surface area contributed by atoms with Crippen LogP contribution in [0.4, 0.5) is 8.78 Å². The quantitative estimate of drug-likeness (QED) is 0.910. The van der Waals surface area contributed by atoms with E-state index in [0.717, 1.165) is 6.07 Å². The maximum Gasteiger partial charge on any atom is 0.256 e. The van der Waals surface area contributed by atoms with Crippen molar-refractivity contribution in [3.8, 4) is 0 Å². The van der Waals surface area contributed by atoms with Crippen molar-refractivity contribution in [3.63, 3.8) is 0 Å². The SMILES string of the molecule is O=c1[nH]c(Cc2cc(F)cc(F)c2)nc2c1COCC2. The minimum atomic E-state index is -0.645. The number of ether oxygens (including phenoxy) is 1. The molecule has 0 aliphatic carbocycles. The van der Waals surface area contributed by atoms with Crippen LogP contribution >= 0.6 is 0 Å². The number of hydrogen-bond donors (Lipinski definition) is 1. The van der Waals surface area contributed by atoms with Crippen molar-refractivity contribution in [1.29, 1.82) is 0 Å². The van der Waals surface area contributed by atoms with Gasteiger partial charge >= 0.3 is 0 Å². The number of hydrogen-bond acceptors (Lipinski definition) is 3. The van der Waals surface area contributed by atoms with E-state index in [0.29, 0.717) is 35.7 Å². The van der Waals surface area contributed by atoms with E-state index >= 15 is 0 Å². The van der Waals surface area contributed by atoms with Gasteiger partial charge in [-0.25, -0.2) is 13.8 Å². The van der Waals surface area contributed by atoms with Crippen molar-refractivity contribution in [2.75, 3.05) is 6.61 Å². The van der Waals surface area contributed by atoms with Crippen molar-refractivity contribution in [2.45, 2.75) is 19.4 Å². The van der Waals surface area contributed by atoms with E-state index in [9.17, 15) is 13.6 Å². The molecular weight excluding hydrogens is 266 g/mol. The smallest absolute Gasteiger partial charge is 0.256 e. The maximum absolute atomic E-state index is 13.1. The summed E-state index contributed by atoms with van der Waals surface area (Å²) in [6, 6.07) is 3.27. The number of benzene rings is 1. The number of nitrogens with zero attached hydrogens (tertiary/aromatic N) is 1. The Labute approximate surface area is 113 Å². The number of rotatable bonds is 2. The summed E-state index contributed by atoms with van der Waals surface area (Å²) in [5.41, 5.74) is 1.41. The van der Waals surface area contributed by atoms with E-state index in [4.69, 9.17) is 4.74 Å². The molecule has 2 aromatic rings. The molecule has 1 aromatic heterocycles. The highest BCUT2D eigenvalue weighted by molar-refractivity contribution is 5.24. The van der Waals surface area contributed by atoms with Gasteiger partial charge in [0.1, 0.15) is 17.5 Å². The number of H-pyrrole nitrogens is 1. The van der Waals surface area contributed by atoms with Gasteiger partial charge in [0, 0.05) is 18.9 Å². The molecule has 0 atom stereocenters. The maximum atomic E-state index is 13.1. The Bertz CT molecular complexity index is 693. The van der Waals surface area contributed by atoms with Gasteiger partial charge in [-0.2, -0.15) is 0 Å². The number of halogens is 2. The van der Waals surface area contributed by atoms with Gasteiger partial charge in [-0.3, -0.25) is 4.79 Å². The molecule has 104 valence electrons. The Kier molecular flexibility index (Phi) is 3.31. The first-order valence-electron chi connectivity index (χ1n) is 6.25. The number of aromatic nitrogens is 2. The molecule has 3 rings (SSSR count). The summed E-state index contributed by atoms with van der Waals surface area (Å²) in [5.74, 6) is -0.886. The lowest BCUT2D eigenvalue weighted by atomic mass is 10.1. The summed E-state index contributed by atoms with van der Waals surface area (Å²) in [7, 11) is 0. The third-order valence-electron chi connectivity index (χ3n) is 3.17. The Balaban J connectivity index is 1.95. The van der Waals surface area contributed by atoms with E-state index in [1.54, 1.807) is 0 Å². The molecule has 0 radical (unpaired) electrons. The fourth-order valence-electron chi connectivity index (χ4n) is 2.28. The van der Waals surface area contributed by atoms with E-state index in [1.807, 2.05) is 0 Å². The predicted octanol–water partition coefficient (Wildman–Crippen LogP) is 1.71. The lowest BCUT2D eigenvalue weighted by Crippen LogP contribution is -2.25. The largest absolute Gasteiger partial charge is 0.376 e. The van der Waals surface area contributed by atoms with Crippen LogP contribution in [0.25, 0.3) is 0 Å². The standard InChI is InChI=1S/C14H12F2N2O2/c15-9-3-8(4-10(16)6-9)5-13-17-12-1-2-20-7-11(12)14(19)18-13/h3-4,6H,1-2,5,7H2,(H,17,18,19). The van der Waals surface area contributed by atoms with Crippen LogP contribution in [0.15, 0.2) is 23.0 Å². The number of nitrogens with one attached hydrogen (secondary N) is 1. The van der Waals surface area contributed by atoms with E-state index in [2.05, 4.69) is 9.97 Å².